The number of para-hydroxylation sites is 1. The lowest BCUT2D eigenvalue weighted by Crippen LogP contribution is -2.11. The van der Waals surface area contributed by atoms with Crippen molar-refractivity contribution in [3.63, 3.8) is 0 Å². The van der Waals surface area contributed by atoms with Crippen LogP contribution in [0.4, 0.5) is 0 Å². The van der Waals surface area contributed by atoms with Crippen molar-refractivity contribution in [2.45, 2.75) is 28.5 Å². The molecule has 0 spiro atoms. The Morgan fingerprint density at radius 3 is 2.34 bits per heavy atom. The maximum absolute atomic E-state index is 13.0. The van der Waals surface area contributed by atoms with Crippen molar-refractivity contribution in [1.82, 2.24) is 14.8 Å². The summed E-state index contributed by atoms with van der Waals surface area (Å²) in [6.45, 7) is 1.92. The summed E-state index contributed by atoms with van der Waals surface area (Å²) >= 11 is 13.7. The molecule has 0 bridgehead atoms. The molecule has 164 valence electrons. The number of nitrogens with zero attached hydrogens (tertiary/aromatic N) is 3. The zero-order chi connectivity index (χ0) is 22.7. The number of thioether (sulfide) groups is 1. The van der Waals surface area contributed by atoms with E-state index < -0.39 is 9.84 Å². The van der Waals surface area contributed by atoms with Crippen LogP contribution in [0.15, 0.2) is 82.8 Å². The third-order valence-electron chi connectivity index (χ3n) is 4.79. The summed E-state index contributed by atoms with van der Waals surface area (Å²) in [6.07, 6.45) is 0. The maximum Gasteiger partial charge on any atom is 0.196 e. The van der Waals surface area contributed by atoms with Gasteiger partial charge in [0.05, 0.1) is 4.90 Å². The standard InChI is InChI=1S/C23H19Cl2N3O2S2/c1-16-7-11-20(12-8-16)32(29,30)15-22-26-27-23(28(22)19-5-3-2-4-6-19)31-14-17-9-10-18(24)13-21(17)25/h2-13H,14-15H2,1H3. The molecule has 0 aliphatic carbocycles. The normalized spacial score (nSPS) is 11.6. The zero-order valence-electron chi connectivity index (χ0n) is 17.1. The third-order valence-corrected chi connectivity index (χ3v) is 7.98. The number of benzene rings is 3. The Hall–Kier alpha value is -2.32. The number of halogens is 2. The SMILES string of the molecule is Cc1ccc(S(=O)(=O)Cc2nnc(SCc3ccc(Cl)cc3Cl)n2-c2ccccc2)cc1. The van der Waals surface area contributed by atoms with Crippen LogP contribution < -0.4 is 0 Å². The molecule has 0 radical (unpaired) electrons. The number of aryl methyl sites for hydroxylation is 1. The van der Waals surface area contributed by atoms with Gasteiger partial charge in [0, 0.05) is 21.5 Å². The minimum Gasteiger partial charge on any atom is -0.273 e. The monoisotopic (exact) mass is 503 g/mol. The number of hydrogen-bond donors (Lipinski definition) is 0. The van der Waals surface area contributed by atoms with Crippen molar-refractivity contribution in [3.05, 3.63) is 99.8 Å². The topological polar surface area (TPSA) is 64.8 Å². The van der Waals surface area contributed by atoms with Crippen molar-refractivity contribution in [2.24, 2.45) is 0 Å². The fraction of sp³-hybridized carbons (Fsp3) is 0.130. The maximum atomic E-state index is 13.0. The molecule has 0 unspecified atom stereocenters. The molecule has 0 fully saturated rings. The Balaban J connectivity index is 1.67. The molecule has 0 N–H and O–H groups in total. The molecule has 32 heavy (non-hydrogen) atoms. The second-order valence-corrected chi connectivity index (χ2v) is 10.9. The van der Waals surface area contributed by atoms with Gasteiger partial charge in [-0.25, -0.2) is 8.42 Å². The molecule has 4 rings (SSSR count). The van der Waals surface area contributed by atoms with E-state index in [0.29, 0.717) is 26.8 Å². The molecule has 0 aliphatic heterocycles. The predicted molar refractivity (Wildman–Crippen MR) is 129 cm³/mol. The molecule has 4 aromatic rings. The number of sulfone groups is 1. The molecule has 0 atom stereocenters. The first-order valence-corrected chi connectivity index (χ1v) is 13.1. The van der Waals surface area contributed by atoms with Crippen LogP contribution in [-0.2, 0) is 21.3 Å². The molecular formula is C23H19Cl2N3O2S2. The summed E-state index contributed by atoms with van der Waals surface area (Å²) in [5.41, 5.74) is 2.68. The highest BCUT2D eigenvalue weighted by molar-refractivity contribution is 7.98. The average Bonchev–Trinajstić information content (AvgIpc) is 3.15. The van der Waals surface area contributed by atoms with Crippen LogP contribution in [-0.4, -0.2) is 23.2 Å². The molecule has 3 aromatic carbocycles. The Morgan fingerprint density at radius 1 is 0.938 bits per heavy atom. The average molecular weight is 504 g/mol. The van der Waals surface area contributed by atoms with Gasteiger partial charge >= 0.3 is 0 Å². The van der Waals surface area contributed by atoms with E-state index in [1.54, 1.807) is 41.0 Å². The lowest BCUT2D eigenvalue weighted by molar-refractivity contribution is 0.593. The van der Waals surface area contributed by atoms with Gasteiger partial charge in [-0.15, -0.1) is 10.2 Å². The van der Waals surface area contributed by atoms with Crippen LogP contribution in [0.25, 0.3) is 5.69 Å². The van der Waals surface area contributed by atoms with E-state index in [0.717, 1.165) is 16.8 Å². The van der Waals surface area contributed by atoms with E-state index in [1.165, 1.54) is 11.8 Å². The zero-order valence-corrected chi connectivity index (χ0v) is 20.2. The van der Waals surface area contributed by atoms with Crippen LogP contribution in [0, 0.1) is 6.92 Å². The molecule has 0 saturated carbocycles. The minimum absolute atomic E-state index is 0.257. The summed E-state index contributed by atoms with van der Waals surface area (Å²) in [7, 11) is -3.59. The Kier molecular flexibility index (Phi) is 6.90. The predicted octanol–water partition coefficient (Wildman–Crippen LogP) is 6.15. The van der Waals surface area contributed by atoms with Gasteiger partial charge in [0.15, 0.2) is 20.8 Å². The van der Waals surface area contributed by atoms with Gasteiger partial charge in [-0.05, 0) is 48.9 Å². The minimum atomic E-state index is -3.59. The second kappa shape index (κ2) is 9.67. The van der Waals surface area contributed by atoms with Gasteiger partial charge in [0.25, 0.3) is 0 Å². The third kappa shape index (κ3) is 5.18. The largest absolute Gasteiger partial charge is 0.273 e. The van der Waals surface area contributed by atoms with Crippen LogP contribution >= 0.6 is 35.0 Å². The number of aromatic nitrogens is 3. The Morgan fingerprint density at radius 2 is 1.66 bits per heavy atom. The van der Waals surface area contributed by atoms with Crippen molar-refractivity contribution < 1.29 is 8.42 Å². The van der Waals surface area contributed by atoms with Gasteiger partial charge in [0.2, 0.25) is 0 Å². The van der Waals surface area contributed by atoms with Gasteiger partial charge in [-0.2, -0.15) is 0 Å². The fourth-order valence-electron chi connectivity index (χ4n) is 3.10. The fourth-order valence-corrected chi connectivity index (χ4v) is 5.88. The second-order valence-electron chi connectivity index (χ2n) is 7.17. The lowest BCUT2D eigenvalue weighted by Gasteiger charge is -2.11. The van der Waals surface area contributed by atoms with Crippen LogP contribution in [0.2, 0.25) is 10.0 Å². The Bertz CT molecular complexity index is 1340. The molecule has 5 nitrogen and oxygen atoms in total. The summed E-state index contributed by atoms with van der Waals surface area (Å²) in [6, 6.07) is 21.6. The van der Waals surface area contributed by atoms with Crippen molar-refractivity contribution in [3.8, 4) is 5.69 Å². The molecule has 0 saturated heterocycles. The smallest absolute Gasteiger partial charge is 0.196 e. The number of rotatable bonds is 7. The van der Waals surface area contributed by atoms with E-state index in [4.69, 9.17) is 23.2 Å². The van der Waals surface area contributed by atoms with Crippen molar-refractivity contribution in [2.75, 3.05) is 0 Å². The first-order chi connectivity index (χ1) is 15.3. The van der Waals surface area contributed by atoms with E-state index in [2.05, 4.69) is 10.2 Å². The Labute approximate surface area is 201 Å². The van der Waals surface area contributed by atoms with E-state index in [9.17, 15) is 8.42 Å². The van der Waals surface area contributed by atoms with Crippen LogP contribution in [0.1, 0.15) is 17.0 Å². The highest BCUT2D eigenvalue weighted by Gasteiger charge is 2.22. The summed E-state index contributed by atoms with van der Waals surface area (Å²) in [5, 5.41) is 10.2. The number of hydrogen-bond acceptors (Lipinski definition) is 5. The first kappa shape index (κ1) is 22.9. The van der Waals surface area contributed by atoms with Crippen molar-refractivity contribution >= 4 is 44.8 Å². The molecular weight excluding hydrogens is 485 g/mol. The van der Waals surface area contributed by atoms with Crippen LogP contribution in [0.5, 0.6) is 0 Å². The van der Waals surface area contributed by atoms with Gasteiger partial charge in [-0.3, -0.25) is 4.57 Å². The highest BCUT2D eigenvalue weighted by Crippen LogP contribution is 2.30. The van der Waals surface area contributed by atoms with E-state index >= 15 is 0 Å². The summed E-state index contributed by atoms with van der Waals surface area (Å²) in [4.78, 5) is 0.257. The quantitative estimate of drug-likeness (QED) is 0.283. The lowest BCUT2D eigenvalue weighted by atomic mass is 10.2. The van der Waals surface area contributed by atoms with Crippen molar-refractivity contribution in [1.29, 1.82) is 0 Å². The molecule has 1 heterocycles. The first-order valence-electron chi connectivity index (χ1n) is 9.69. The summed E-state index contributed by atoms with van der Waals surface area (Å²) in [5.74, 6) is 0.618. The summed E-state index contributed by atoms with van der Waals surface area (Å²) < 4.78 is 27.9. The molecule has 1 aromatic heterocycles. The molecule has 9 heteroatoms. The van der Waals surface area contributed by atoms with E-state index in [1.807, 2.05) is 43.3 Å². The van der Waals surface area contributed by atoms with Gasteiger partial charge in [-0.1, -0.05) is 76.9 Å². The molecule has 0 amide bonds. The van der Waals surface area contributed by atoms with Gasteiger partial charge < -0.3 is 0 Å². The molecule has 0 aliphatic rings. The highest BCUT2D eigenvalue weighted by atomic mass is 35.5. The van der Waals surface area contributed by atoms with Gasteiger partial charge in [0.1, 0.15) is 5.75 Å². The van der Waals surface area contributed by atoms with Crippen LogP contribution in [0.3, 0.4) is 0 Å². The van der Waals surface area contributed by atoms with E-state index in [-0.39, 0.29) is 10.6 Å².